The van der Waals surface area contributed by atoms with Crippen molar-refractivity contribution in [1.82, 2.24) is 0 Å². The van der Waals surface area contributed by atoms with Crippen molar-refractivity contribution in [3.63, 3.8) is 0 Å². The summed E-state index contributed by atoms with van der Waals surface area (Å²) in [6.07, 6.45) is 14.3. The second kappa shape index (κ2) is 18.3. The predicted molar refractivity (Wildman–Crippen MR) is 83.5 cm³/mol. The van der Waals surface area contributed by atoms with Crippen LogP contribution in [0.3, 0.4) is 0 Å². The third-order valence-corrected chi connectivity index (χ3v) is 3.25. The minimum absolute atomic E-state index is 0. The zero-order valence-corrected chi connectivity index (χ0v) is 15.9. The summed E-state index contributed by atoms with van der Waals surface area (Å²) in [4.78, 5) is 11.3. The topological polar surface area (TPSA) is 26.3 Å². The molecule has 4 radical (unpaired) electrons. The molecular weight excluding hydrogens is 343 g/mol. The molecule has 0 rings (SSSR count). The van der Waals surface area contributed by atoms with E-state index in [9.17, 15) is 4.79 Å². The largest absolute Gasteiger partial charge is 0.466 e. The summed E-state index contributed by atoms with van der Waals surface area (Å²) in [5.41, 5.74) is 0. The van der Waals surface area contributed by atoms with E-state index in [-0.39, 0.29) is 29.9 Å². The van der Waals surface area contributed by atoms with Gasteiger partial charge in [0.25, 0.3) is 0 Å². The van der Waals surface area contributed by atoms with E-state index >= 15 is 0 Å². The number of unbranched alkanes of at least 4 members (excludes halogenated alkanes) is 9. The van der Waals surface area contributed by atoms with Crippen LogP contribution in [0.25, 0.3) is 0 Å². The number of hydrogen-bond acceptors (Lipinski definition) is 2. The summed E-state index contributed by atoms with van der Waals surface area (Å²) in [6.45, 7) is 4.96. The molecule has 2 nitrogen and oxygen atoms in total. The molecule has 0 spiro atoms. The summed E-state index contributed by atoms with van der Waals surface area (Å²) >= 11 is 0. The molecule has 0 heterocycles. The van der Waals surface area contributed by atoms with Crippen LogP contribution in [0.4, 0.5) is 0 Å². The van der Waals surface area contributed by atoms with Crippen molar-refractivity contribution in [3.8, 4) is 0 Å². The van der Waals surface area contributed by atoms with E-state index in [4.69, 9.17) is 4.74 Å². The molecular formula is C16H32O2Sn. The normalized spacial score (nSPS) is 10.0. The maximum Gasteiger partial charge on any atom is 0.305 e. The molecule has 0 aliphatic heterocycles. The Bertz CT molecular complexity index is 184. The molecule has 0 saturated heterocycles. The minimum atomic E-state index is -0.00797. The first-order valence-corrected chi connectivity index (χ1v) is 7.96. The van der Waals surface area contributed by atoms with Crippen LogP contribution in [0.15, 0.2) is 0 Å². The van der Waals surface area contributed by atoms with Crippen molar-refractivity contribution in [2.24, 2.45) is 0 Å². The quantitative estimate of drug-likeness (QED) is 0.261. The average Bonchev–Trinajstić information content (AvgIpc) is 2.37. The van der Waals surface area contributed by atoms with Gasteiger partial charge in [0.1, 0.15) is 0 Å². The molecule has 0 fully saturated rings. The maximum absolute atomic E-state index is 11.3. The molecule has 112 valence electrons. The number of ether oxygens (including phenoxy) is 1. The van der Waals surface area contributed by atoms with Crippen LogP contribution in [0.2, 0.25) is 0 Å². The van der Waals surface area contributed by atoms with Gasteiger partial charge in [0.05, 0.1) is 6.61 Å². The van der Waals surface area contributed by atoms with Gasteiger partial charge in [0, 0.05) is 30.3 Å². The van der Waals surface area contributed by atoms with E-state index < -0.39 is 0 Å². The van der Waals surface area contributed by atoms with E-state index in [0.29, 0.717) is 13.0 Å². The smallest absolute Gasteiger partial charge is 0.305 e. The fourth-order valence-electron chi connectivity index (χ4n) is 1.98. The van der Waals surface area contributed by atoms with Crippen LogP contribution >= 0.6 is 0 Å². The molecule has 19 heavy (non-hydrogen) atoms. The Balaban J connectivity index is 0. The van der Waals surface area contributed by atoms with Gasteiger partial charge in [-0.15, -0.1) is 0 Å². The number of hydrogen-bond donors (Lipinski definition) is 0. The number of carbonyl (C=O) groups is 1. The zero-order valence-electron chi connectivity index (χ0n) is 13.0. The fraction of sp³-hybridized carbons (Fsp3) is 0.938. The van der Waals surface area contributed by atoms with Gasteiger partial charge >= 0.3 is 5.97 Å². The fourth-order valence-corrected chi connectivity index (χ4v) is 1.98. The van der Waals surface area contributed by atoms with Crippen molar-refractivity contribution in [2.45, 2.75) is 90.9 Å². The summed E-state index contributed by atoms with van der Waals surface area (Å²) in [5, 5.41) is 0. The second-order valence-corrected chi connectivity index (χ2v) is 5.15. The van der Waals surface area contributed by atoms with Crippen LogP contribution in [0.5, 0.6) is 0 Å². The van der Waals surface area contributed by atoms with Gasteiger partial charge in [0.15, 0.2) is 0 Å². The molecule has 0 aromatic rings. The molecule has 0 aliphatic carbocycles. The average molecular weight is 375 g/mol. The molecule has 0 atom stereocenters. The molecule has 0 saturated carbocycles. The Labute approximate surface area is 137 Å². The van der Waals surface area contributed by atoms with Crippen LogP contribution < -0.4 is 0 Å². The Morgan fingerprint density at radius 2 is 1.21 bits per heavy atom. The molecule has 0 N–H and O–H groups in total. The van der Waals surface area contributed by atoms with Gasteiger partial charge < -0.3 is 4.74 Å². The van der Waals surface area contributed by atoms with Crippen LogP contribution in [0, 0.1) is 0 Å². The number of rotatable bonds is 13. The van der Waals surface area contributed by atoms with Crippen molar-refractivity contribution < 1.29 is 9.53 Å². The zero-order chi connectivity index (χ0) is 13.5. The molecule has 0 aromatic heterocycles. The third kappa shape index (κ3) is 18.3. The third-order valence-electron chi connectivity index (χ3n) is 3.25. The van der Waals surface area contributed by atoms with Gasteiger partial charge in [-0.1, -0.05) is 71.6 Å². The van der Waals surface area contributed by atoms with E-state index in [1.807, 2.05) is 0 Å². The van der Waals surface area contributed by atoms with E-state index in [0.717, 1.165) is 19.3 Å². The first-order valence-electron chi connectivity index (χ1n) is 7.96. The van der Waals surface area contributed by atoms with Gasteiger partial charge in [0.2, 0.25) is 0 Å². The van der Waals surface area contributed by atoms with Crippen LogP contribution in [-0.4, -0.2) is 36.5 Å². The molecule has 0 bridgehead atoms. The van der Waals surface area contributed by atoms with Crippen LogP contribution in [0.1, 0.15) is 90.9 Å². The first-order chi connectivity index (χ1) is 8.81. The van der Waals surface area contributed by atoms with Gasteiger partial charge in [-0.2, -0.15) is 0 Å². The monoisotopic (exact) mass is 376 g/mol. The Kier molecular flexibility index (Phi) is 20.7. The van der Waals surface area contributed by atoms with Gasteiger partial charge in [-0.05, 0) is 12.8 Å². The van der Waals surface area contributed by atoms with Gasteiger partial charge in [-0.3, -0.25) is 4.79 Å². The SMILES string of the molecule is CCCCCCCCCCCC(=O)OCCCC.[Sn]. The van der Waals surface area contributed by atoms with Crippen molar-refractivity contribution >= 4 is 29.9 Å². The van der Waals surface area contributed by atoms with E-state index in [1.165, 1.54) is 51.4 Å². The number of carbonyl (C=O) groups excluding carboxylic acids is 1. The van der Waals surface area contributed by atoms with Gasteiger partial charge in [-0.25, -0.2) is 0 Å². The van der Waals surface area contributed by atoms with Crippen LogP contribution in [-0.2, 0) is 9.53 Å². The predicted octanol–water partition coefficient (Wildman–Crippen LogP) is 4.87. The molecule has 0 aromatic carbocycles. The molecule has 0 unspecified atom stereocenters. The number of esters is 1. The molecule has 0 aliphatic rings. The Hall–Kier alpha value is 0.269. The summed E-state index contributed by atoms with van der Waals surface area (Å²) in [6, 6.07) is 0. The summed E-state index contributed by atoms with van der Waals surface area (Å²) in [7, 11) is 0. The van der Waals surface area contributed by atoms with Crippen molar-refractivity contribution in [2.75, 3.05) is 6.61 Å². The summed E-state index contributed by atoms with van der Waals surface area (Å²) in [5.74, 6) is -0.00797. The molecule has 0 amide bonds. The van der Waals surface area contributed by atoms with E-state index in [1.54, 1.807) is 0 Å². The first kappa shape index (κ1) is 21.6. The second-order valence-electron chi connectivity index (χ2n) is 5.15. The van der Waals surface area contributed by atoms with Crippen molar-refractivity contribution in [1.29, 1.82) is 0 Å². The molecule has 3 heteroatoms. The summed E-state index contributed by atoms with van der Waals surface area (Å²) < 4.78 is 5.12. The van der Waals surface area contributed by atoms with Crippen molar-refractivity contribution in [3.05, 3.63) is 0 Å². The Morgan fingerprint density at radius 3 is 1.74 bits per heavy atom. The van der Waals surface area contributed by atoms with E-state index in [2.05, 4.69) is 13.8 Å². The maximum atomic E-state index is 11.3. The minimum Gasteiger partial charge on any atom is -0.466 e. The standard InChI is InChI=1S/C16H32O2.Sn/c1-3-5-7-8-9-10-11-12-13-14-16(17)18-15-6-4-2;/h3-15H2,1-2H3;. The Morgan fingerprint density at radius 1 is 0.737 bits per heavy atom.